The van der Waals surface area contributed by atoms with E-state index in [1.165, 1.54) is 12.7 Å². The molecule has 1 unspecified atom stereocenters. The van der Waals surface area contributed by atoms with E-state index in [9.17, 15) is 9.59 Å². The van der Waals surface area contributed by atoms with Crippen LogP contribution in [0, 0.1) is 0 Å². The number of halogens is 1. The van der Waals surface area contributed by atoms with Gasteiger partial charge < -0.3 is 28.4 Å². The van der Waals surface area contributed by atoms with E-state index in [4.69, 9.17) is 30.2 Å². The Labute approximate surface area is 240 Å². The van der Waals surface area contributed by atoms with Gasteiger partial charge in [-0.15, -0.1) is 0 Å². The van der Waals surface area contributed by atoms with Gasteiger partial charge in [-0.1, -0.05) is 43.1 Å². The van der Waals surface area contributed by atoms with Gasteiger partial charge in [-0.05, 0) is 55.9 Å². The highest BCUT2D eigenvalue weighted by molar-refractivity contribution is 6.31. The maximum absolute atomic E-state index is 14.2. The predicted molar refractivity (Wildman–Crippen MR) is 153 cm³/mol. The summed E-state index contributed by atoms with van der Waals surface area (Å²) in [5, 5.41) is 1.18. The third kappa shape index (κ3) is 5.93. The summed E-state index contributed by atoms with van der Waals surface area (Å²) in [5.74, 6) is 1.17. The molecule has 9 heteroatoms. The first-order chi connectivity index (χ1) is 19.4. The van der Waals surface area contributed by atoms with E-state index in [1.807, 2.05) is 23.1 Å². The Morgan fingerprint density at radius 1 is 1.12 bits per heavy atom. The minimum atomic E-state index is -1.12. The summed E-state index contributed by atoms with van der Waals surface area (Å²) >= 11 is 6.22. The van der Waals surface area contributed by atoms with Crippen LogP contribution in [0.15, 0.2) is 46.9 Å². The summed E-state index contributed by atoms with van der Waals surface area (Å²) in [6, 6.07) is 13.2. The van der Waals surface area contributed by atoms with Gasteiger partial charge in [-0.3, -0.25) is 9.59 Å². The Morgan fingerprint density at radius 3 is 2.80 bits per heavy atom. The van der Waals surface area contributed by atoms with Gasteiger partial charge in [0, 0.05) is 29.6 Å². The number of para-hydroxylation sites is 1. The van der Waals surface area contributed by atoms with Gasteiger partial charge >= 0.3 is 0 Å². The van der Waals surface area contributed by atoms with Crippen molar-refractivity contribution < 1.29 is 28.2 Å². The zero-order chi connectivity index (χ0) is 28.1. The van der Waals surface area contributed by atoms with Gasteiger partial charge in [-0.25, -0.2) is 0 Å². The van der Waals surface area contributed by atoms with Crippen LogP contribution in [-0.2, 0) is 16.0 Å². The number of amides is 2. The zero-order valence-electron chi connectivity index (χ0n) is 23.2. The third-order valence-electron chi connectivity index (χ3n) is 7.78. The van der Waals surface area contributed by atoms with Crippen LogP contribution in [0.5, 0.6) is 11.5 Å². The lowest BCUT2D eigenvalue weighted by atomic mass is 9.90. The van der Waals surface area contributed by atoms with Gasteiger partial charge in [0.2, 0.25) is 0 Å². The van der Waals surface area contributed by atoms with E-state index >= 15 is 0 Å². The molecule has 0 bridgehead atoms. The summed E-state index contributed by atoms with van der Waals surface area (Å²) in [6.07, 6.45) is 4.89. The monoisotopic (exact) mass is 568 g/mol. The van der Waals surface area contributed by atoms with Crippen molar-refractivity contribution in [2.75, 3.05) is 46.5 Å². The number of carbonyl (C=O) groups excluding carboxylic acids is 2. The summed E-state index contributed by atoms with van der Waals surface area (Å²) < 4.78 is 23.8. The number of unbranched alkanes of at least 4 members (excludes halogenated alkanes) is 1. The minimum absolute atomic E-state index is 0.0750. The van der Waals surface area contributed by atoms with Crippen LogP contribution in [0.3, 0.4) is 0 Å². The molecule has 2 amide bonds. The molecule has 1 saturated heterocycles. The normalized spacial score (nSPS) is 20.5. The lowest BCUT2D eigenvalue weighted by Gasteiger charge is -2.44. The minimum Gasteiger partial charge on any atom is -0.493 e. The topological polar surface area (TPSA) is 81.5 Å². The zero-order valence-corrected chi connectivity index (χ0v) is 24.0. The number of methoxy groups -OCH3 is 1. The smallest absolute Gasteiger partial charge is 0.289 e. The van der Waals surface area contributed by atoms with E-state index in [0.29, 0.717) is 54.4 Å². The number of rotatable bonds is 5. The standard InChI is InChI=1S/C31H37ClN2O6/c1-3-4-13-33-14-16-38-25-11-6-5-9-22(25)10-7-8-12-31(30(33)36)21-34(15-17-39-31)29(35)27-19-23-18-24(32)20-26(37-2)28(23)40-27/h5-6,9,11,18-20H,3-4,7-8,10,12-17,21H2,1-2H3. The molecule has 2 aliphatic rings. The van der Waals surface area contributed by atoms with E-state index in [-0.39, 0.29) is 30.7 Å². The van der Waals surface area contributed by atoms with E-state index < -0.39 is 5.60 Å². The lowest BCUT2D eigenvalue weighted by molar-refractivity contribution is -0.170. The van der Waals surface area contributed by atoms with Crippen molar-refractivity contribution >= 4 is 34.4 Å². The van der Waals surface area contributed by atoms with Gasteiger partial charge in [0.05, 0.1) is 26.8 Å². The molecular formula is C31H37ClN2O6. The first-order valence-corrected chi connectivity index (χ1v) is 14.5. The van der Waals surface area contributed by atoms with Crippen LogP contribution in [-0.4, -0.2) is 73.7 Å². The molecule has 40 heavy (non-hydrogen) atoms. The van der Waals surface area contributed by atoms with Crippen LogP contribution in [0.2, 0.25) is 5.02 Å². The molecular weight excluding hydrogens is 532 g/mol. The van der Waals surface area contributed by atoms with Gasteiger partial charge in [0.25, 0.3) is 11.8 Å². The van der Waals surface area contributed by atoms with Crippen molar-refractivity contribution in [3.63, 3.8) is 0 Å². The average molecular weight is 569 g/mol. The summed E-state index contributed by atoms with van der Waals surface area (Å²) in [6.45, 7) is 4.38. The van der Waals surface area contributed by atoms with Crippen LogP contribution >= 0.6 is 11.6 Å². The molecule has 1 aromatic heterocycles. The number of benzene rings is 2. The molecule has 0 N–H and O–H groups in total. The number of carbonyl (C=O) groups is 2. The van der Waals surface area contributed by atoms with Crippen molar-refractivity contribution in [1.29, 1.82) is 0 Å². The Hall–Kier alpha value is -3.23. The van der Waals surface area contributed by atoms with E-state index in [1.54, 1.807) is 23.1 Å². The summed E-state index contributed by atoms with van der Waals surface area (Å²) in [5.41, 5.74) is 0.518. The molecule has 2 aromatic carbocycles. The molecule has 214 valence electrons. The molecule has 1 spiro atoms. The maximum atomic E-state index is 14.2. The Kier molecular flexibility index (Phi) is 8.86. The summed E-state index contributed by atoms with van der Waals surface area (Å²) in [7, 11) is 1.53. The summed E-state index contributed by atoms with van der Waals surface area (Å²) in [4.78, 5) is 31.5. The number of hydrogen-bond donors (Lipinski definition) is 0. The van der Waals surface area contributed by atoms with E-state index in [2.05, 4.69) is 13.0 Å². The van der Waals surface area contributed by atoms with E-state index in [0.717, 1.165) is 37.9 Å². The molecule has 3 aromatic rings. The Balaban J connectivity index is 1.41. The number of furan rings is 1. The highest BCUT2D eigenvalue weighted by atomic mass is 35.5. The molecule has 1 fully saturated rings. The first-order valence-electron chi connectivity index (χ1n) is 14.1. The molecule has 3 heterocycles. The molecule has 5 rings (SSSR count). The molecule has 0 radical (unpaired) electrons. The molecule has 0 aliphatic carbocycles. The first kappa shape index (κ1) is 28.3. The second kappa shape index (κ2) is 12.5. The fourth-order valence-electron chi connectivity index (χ4n) is 5.64. The van der Waals surface area contributed by atoms with Gasteiger partial charge in [0.1, 0.15) is 12.4 Å². The van der Waals surface area contributed by atoms with Crippen LogP contribution < -0.4 is 9.47 Å². The van der Waals surface area contributed by atoms with Crippen molar-refractivity contribution in [3.8, 4) is 11.5 Å². The largest absolute Gasteiger partial charge is 0.493 e. The number of hydrogen-bond acceptors (Lipinski definition) is 6. The highest BCUT2D eigenvalue weighted by Gasteiger charge is 2.47. The number of nitrogens with zero attached hydrogens (tertiary/aromatic N) is 2. The predicted octanol–water partition coefficient (Wildman–Crippen LogP) is 5.74. The molecule has 1 atom stereocenters. The van der Waals surface area contributed by atoms with Crippen LogP contribution in [0.25, 0.3) is 11.0 Å². The lowest BCUT2D eigenvalue weighted by Crippen LogP contribution is -2.62. The van der Waals surface area contributed by atoms with Gasteiger partial charge in [-0.2, -0.15) is 0 Å². The number of morpholine rings is 1. The van der Waals surface area contributed by atoms with Crippen molar-refractivity contribution in [2.24, 2.45) is 0 Å². The number of ether oxygens (including phenoxy) is 3. The fraction of sp³-hybridized carbons (Fsp3) is 0.484. The maximum Gasteiger partial charge on any atom is 0.289 e. The van der Waals surface area contributed by atoms with Gasteiger partial charge in [0.15, 0.2) is 22.7 Å². The number of fused-ring (bicyclic) bond motifs is 2. The second-order valence-corrected chi connectivity index (χ2v) is 11.0. The Morgan fingerprint density at radius 2 is 1.98 bits per heavy atom. The van der Waals surface area contributed by atoms with Crippen LogP contribution in [0.4, 0.5) is 0 Å². The highest BCUT2D eigenvalue weighted by Crippen LogP contribution is 2.34. The molecule has 0 saturated carbocycles. The second-order valence-electron chi connectivity index (χ2n) is 10.5. The van der Waals surface area contributed by atoms with Crippen LogP contribution in [0.1, 0.15) is 55.1 Å². The average Bonchev–Trinajstić information content (AvgIpc) is 3.40. The SMILES string of the molecule is CCCCN1CCOc2ccccc2CCCCC2(CN(C(=O)c3cc4cc(Cl)cc(OC)c4o3)CCO2)C1=O. The van der Waals surface area contributed by atoms with Crippen molar-refractivity contribution in [1.82, 2.24) is 9.80 Å². The molecule has 8 nitrogen and oxygen atoms in total. The number of aryl methyl sites for hydroxylation is 1. The molecule has 2 aliphatic heterocycles. The quantitative estimate of drug-likeness (QED) is 0.390. The Bertz CT molecular complexity index is 1360. The van der Waals surface area contributed by atoms with Crippen molar-refractivity contribution in [3.05, 3.63) is 58.8 Å². The third-order valence-corrected chi connectivity index (χ3v) is 8.00. The van der Waals surface area contributed by atoms with Crippen molar-refractivity contribution in [2.45, 2.75) is 51.0 Å². The fourth-order valence-corrected chi connectivity index (χ4v) is 5.86.